The second-order valence-corrected chi connectivity index (χ2v) is 4.42. The van der Waals surface area contributed by atoms with Crippen LogP contribution in [0.4, 0.5) is 0 Å². The van der Waals surface area contributed by atoms with Crippen LogP contribution in [0.3, 0.4) is 0 Å². The Morgan fingerprint density at radius 2 is 1.75 bits per heavy atom. The smallest absolute Gasteiger partial charge is 0.163 e. The van der Waals surface area contributed by atoms with Gasteiger partial charge in [0.1, 0.15) is 5.76 Å². The van der Waals surface area contributed by atoms with Crippen molar-refractivity contribution >= 4 is 27.3 Å². The predicted octanol–water partition coefficient (Wildman–Crippen LogP) is 3.88. The second-order valence-electron chi connectivity index (χ2n) is 3.50. The second kappa shape index (κ2) is 5.12. The van der Waals surface area contributed by atoms with Gasteiger partial charge in [-0.15, -0.1) is 0 Å². The van der Waals surface area contributed by atoms with Gasteiger partial charge in [0.05, 0.1) is 5.57 Å². The lowest BCUT2D eigenvalue weighted by molar-refractivity contribution is -0.113. The minimum absolute atomic E-state index is 0.000388. The van der Waals surface area contributed by atoms with E-state index in [-0.39, 0.29) is 17.1 Å². The summed E-state index contributed by atoms with van der Waals surface area (Å²) < 4.78 is 0.957. The Bertz CT molecular complexity index is 451. The number of hydrogen-bond acceptors (Lipinski definition) is 2. The molecule has 1 aromatic rings. The van der Waals surface area contributed by atoms with Gasteiger partial charge in [0.15, 0.2) is 5.78 Å². The van der Waals surface area contributed by atoms with Crippen molar-refractivity contribution in [1.29, 1.82) is 0 Å². The van der Waals surface area contributed by atoms with Gasteiger partial charge in [-0.05, 0) is 37.1 Å². The lowest BCUT2D eigenvalue weighted by Crippen LogP contribution is -2.02. The zero-order valence-corrected chi connectivity index (χ0v) is 10.8. The van der Waals surface area contributed by atoms with Crippen molar-refractivity contribution in [1.82, 2.24) is 0 Å². The highest BCUT2D eigenvalue weighted by Gasteiger charge is 2.13. The summed E-state index contributed by atoms with van der Waals surface area (Å²) in [7, 11) is 0. The molecule has 0 saturated carbocycles. The van der Waals surface area contributed by atoms with Gasteiger partial charge in [0.25, 0.3) is 0 Å². The summed E-state index contributed by atoms with van der Waals surface area (Å²) in [6, 6.07) is 7.42. The van der Waals surface area contributed by atoms with Gasteiger partial charge in [0.2, 0.25) is 0 Å². The van der Waals surface area contributed by atoms with E-state index in [1.165, 1.54) is 13.8 Å². The number of rotatable bonds is 3. The number of halogens is 1. The van der Waals surface area contributed by atoms with Crippen molar-refractivity contribution in [3.05, 3.63) is 52.2 Å². The maximum atomic E-state index is 11.4. The first-order valence-electron chi connectivity index (χ1n) is 4.79. The quantitative estimate of drug-likeness (QED) is 0.518. The topological polar surface area (TPSA) is 37.3 Å². The van der Waals surface area contributed by atoms with Gasteiger partial charge in [-0.3, -0.25) is 4.79 Å². The fourth-order valence-electron chi connectivity index (χ4n) is 1.48. The summed E-state index contributed by atoms with van der Waals surface area (Å²) in [5.74, 6) is -0.187. The molecule has 84 valence electrons. The van der Waals surface area contributed by atoms with Crippen LogP contribution < -0.4 is 0 Å². The molecule has 0 aliphatic heterocycles. The van der Waals surface area contributed by atoms with Crippen molar-refractivity contribution in [2.24, 2.45) is 0 Å². The average Bonchev–Trinajstić information content (AvgIpc) is 2.17. The molecule has 0 saturated heterocycles. The molecule has 0 unspecified atom stereocenters. The van der Waals surface area contributed by atoms with Crippen LogP contribution in [0.5, 0.6) is 0 Å². The third-order valence-electron chi connectivity index (χ3n) is 2.21. The Morgan fingerprint density at radius 3 is 2.12 bits per heavy atom. The molecule has 1 aromatic carbocycles. The molecular weight excluding hydrogens is 268 g/mol. The number of aliphatic hydroxyl groups excluding tert-OH is 1. The van der Waals surface area contributed by atoms with Crippen LogP contribution in [0.25, 0.3) is 5.57 Å². The fraction of sp³-hybridized carbons (Fsp3) is 0.154. The largest absolute Gasteiger partial charge is 0.512 e. The molecule has 0 spiro atoms. The summed E-state index contributed by atoms with van der Waals surface area (Å²) in [5, 5.41) is 9.46. The van der Waals surface area contributed by atoms with Crippen molar-refractivity contribution in [3.63, 3.8) is 0 Å². The Balaban J connectivity index is 3.16. The highest BCUT2D eigenvalue weighted by molar-refractivity contribution is 9.10. The Labute approximate surface area is 103 Å². The zero-order chi connectivity index (χ0) is 12.3. The molecule has 0 aromatic heterocycles. The first-order valence-corrected chi connectivity index (χ1v) is 5.58. The van der Waals surface area contributed by atoms with E-state index in [1.54, 1.807) is 0 Å². The summed E-state index contributed by atoms with van der Waals surface area (Å²) in [5.41, 5.74) is 1.64. The van der Waals surface area contributed by atoms with Crippen LogP contribution in [-0.2, 0) is 4.79 Å². The number of benzene rings is 1. The molecule has 0 fully saturated rings. The molecule has 0 radical (unpaired) electrons. The van der Waals surface area contributed by atoms with Crippen molar-refractivity contribution in [2.45, 2.75) is 13.8 Å². The summed E-state index contributed by atoms with van der Waals surface area (Å²) in [4.78, 5) is 11.4. The molecule has 0 amide bonds. The first-order chi connectivity index (χ1) is 7.43. The Hall–Kier alpha value is -1.35. The van der Waals surface area contributed by atoms with E-state index in [1.807, 2.05) is 24.3 Å². The molecule has 3 heteroatoms. The molecular formula is C13H13BrO2. The van der Waals surface area contributed by atoms with E-state index in [0.717, 1.165) is 10.0 Å². The van der Waals surface area contributed by atoms with Gasteiger partial charge in [-0.2, -0.15) is 0 Å². The summed E-state index contributed by atoms with van der Waals surface area (Å²) in [6.45, 7) is 6.75. The number of carbonyl (C=O) groups excluding carboxylic acids is 1. The minimum atomic E-state index is -0.187. The molecule has 1 rings (SSSR count). The molecule has 1 N–H and O–H groups in total. The average molecular weight is 281 g/mol. The molecule has 2 nitrogen and oxygen atoms in total. The minimum Gasteiger partial charge on any atom is -0.512 e. The van der Waals surface area contributed by atoms with Gasteiger partial charge >= 0.3 is 0 Å². The fourth-order valence-corrected chi connectivity index (χ4v) is 1.75. The monoisotopic (exact) mass is 280 g/mol. The van der Waals surface area contributed by atoms with E-state index in [0.29, 0.717) is 5.57 Å². The van der Waals surface area contributed by atoms with E-state index >= 15 is 0 Å². The lowest BCUT2D eigenvalue weighted by atomic mass is 9.96. The highest BCUT2D eigenvalue weighted by atomic mass is 79.9. The van der Waals surface area contributed by atoms with Crippen molar-refractivity contribution in [3.8, 4) is 0 Å². The molecule has 0 aliphatic carbocycles. The SMILES string of the molecule is C=C(/C(C(C)=O)=C(\C)O)c1ccc(Br)cc1. The van der Waals surface area contributed by atoms with E-state index < -0.39 is 0 Å². The molecule has 0 heterocycles. The molecule has 0 atom stereocenters. The number of hydrogen-bond donors (Lipinski definition) is 1. The zero-order valence-electron chi connectivity index (χ0n) is 9.25. The molecule has 16 heavy (non-hydrogen) atoms. The van der Waals surface area contributed by atoms with Crippen LogP contribution in [0.15, 0.2) is 46.6 Å². The number of Topliss-reactive ketones (excluding diaryl/α,β-unsaturated/α-hetero) is 1. The van der Waals surface area contributed by atoms with Gasteiger partial charge in [-0.1, -0.05) is 34.6 Å². The number of ketones is 1. The Kier molecular flexibility index (Phi) is 4.07. The van der Waals surface area contributed by atoms with Crippen molar-refractivity contribution < 1.29 is 9.90 Å². The third-order valence-corrected chi connectivity index (χ3v) is 2.74. The summed E-state index contributed by atoms with van der Waals surface area (Å²) >= 11 is 3.33. The standard InChI is InChI=1S/C13H13BrO2/c1-8(13(9(2)15)10(3)16)11-4-6-12(14)7-5-11/h4-7,15H,1H2,2-3H3/b13-9-. The highest BCUT2D eigenvalue weighted by Crippen LogP contribution is 2.25. The normalized spacial score (nSPS) is 11.9. The van der Waals surface area contributed by atoms with Crippen LogP contribution in [0, 0.1) is 0 Å². The van der Waals surface area contributed by atoms with Crippen molar-refractivity contribution in [2.75, 3.05) is 0 Å². The third kappa shape index (κ3) is 2.83. The lowest BCUT2D eigenvalue weighted by Gasteiger charge is -2.09. The number of aliphatic hydroxyl groups is 1. The van der Waals surface area contributed by atoms with Crippen LogP contribution >= 0.6 is 15.9 Å². The number of carbonyl (C=O) groups is 1. The van der Waals surface area contributed by atoms with Crippen LogP contribution in [-0.4, -0.2) is 10.9 Å². The summed E-state index contributed by atoms with van der Waals surface area (Å²) in [6.07, 6.45) is 0. The molecule has 0 bridgehead atoms. The van der Waals surface area contributed by atoms with Crippen LogP contribution in [0.1, 0.15) is 19.4 Å². The maximum absolute atomic E-state index is 11.4. The predicted molar refractivity (Wildman–Crippen MR) is 69.2 cm³/mol. The van der Waals surface area contributed by atoms with Gasteiger partial charge in [-0.25, -0.2) is 0 Å². The first kappa shape index (κ1) is 12.7. The van der Waals surface area contributed by atoms with E-state index in [9.17, 15) is 9.90 Å². The van der Waals surface area contributed by atoms with Crippen LogP contribution in [0.2, 0.25) is 0 Å². The maximum Gasteiger partial charge on any atom is 0.163 e. The number of allylic oxidation sites excluding steroid dienone is 3. The molecule has 0 aliphatic rings. The van der Waals surface area contributed by atoms with Gasteiger partial charge < -0.3 is 5.11 Å². The van der Waals surface area contributed by atoms with E-state index in [2.05, 4.69) is 22.5 Å². The van der Waals surface area contributed by atoms with Gasteiger partial charge in [0, 0.05) is 4.47 Å². The Morgan fingerprint density at radius 1 is 1.25 bits per heavy atom. The van der Waals surface area contributed by atoms with E-state index in [4.69, 9.17) is 0 Å².